The molecule has 0 bridgehead atoms. The van der Waals surface area contributed by atoms with Gasteiger partial charge in [-0.05, 0) is 69.0 Å². The third-order valence-electron chi connectivity index (χ3n) is 5.43. The van der Waals surface area contributed by atoms with Crippen LogP contribution < -0.4 is 9.80 Å². The standard InChI is InChI=1S/C24H36N2/c1-7-25(8-2)22-15-11-20(12-16-22)24(19(5)6)21-13-17-23(18-14-21)26(9-3)10-4/h11-19,24H,7-10H2,1-6H3. The van der Waals surface area contributed by atoms with E-state index in [1.54, 1.807) is 0 Å². The first-order chi connectivity index (χ1) is 12.5. The monoisotopic (exact) mass is 352 g/mol. The highest BCUT2D eigenvalue weighted by atomic mass is 15.1. The lowest BCUT2D eigenvalue weighted by molar-refractivity contribution is 0.564. The molecular formula is C24H36N2. The Balaban J connectivity index is 2.28. The van der Waals surface area contributed by atoms with Crippen molar-refractivity contribution >= 4 is 11.4 Å². The Kier molecular flexibility index (Phi) is 7.56. The van der Waals surface area contributed by atoms with Gasteiger partial charge in [-0.1, -0.05) is 38.1 Å². The Hall–Kier alpha value is -1.96. The molecule has 0 aliphatic heterocycles. The van der Waals surface area contributed by atoms with Gasteiger partial charge in [0.1, 0.15) is 0 Å². The largest absolute Gasteiger partial charge is 0.372 e. The number of nitrogens with zero attached hydrogens (tertiary/aromatic N) is 2. The number of benzene rings is 2. The molecule has 0 fully saturated rings. The molecule has 0 saturated heterocycles. The van der Waals surface area contributed by atoms with Gasteiger partial charge < -0.3 is 9.80 Å². The maximum atomic E-state index is 2.40. The van der Waals surface area contributed by atoms with E-state index in [1.807, 2.05) is 0 Å². The van der Waals surface area contributed by atoms with Gasteiger partial charge in [0, 0.05) is 43.5 Å². The van der Waals surface area contributed by atoms with Crippen molar-refractivity contribution in [1.29, 1.82) is 0 Å². The number of hydrogen-bond acceptors (Lipinski definition) is 2. The molecule has 0 saturated carbocycles. The summed E-state index contributed by atoms with van der Waals surface area (Å²) in [6, 6.07) is 18.4. The van der Waals surface area contributed by atoms with Crippen molar-refractivity contribution < 1.29 is 0 Å². The van der Waals surface area contributed by atoms with Gasteiger partial charge >= 0.3 is 0 Å². The zero-order chi connectivity index (χ0) is 19.1. The van der Waals surface area contributed by atoms with Gasteiger partial charge in [0.05, 0.1) is 0 Å². The van der Waals surface area contributed by atoms with Gasteiger partial charge in [-0.2, -0.15) is 0 Å². The smallest absolute Gasteiger partial charge is 0.0366 e. The quantitative estimate of drug-likeness (QED) is 0.532. The summed E-state index contributed by atoms with van der Waals surface area (Å²) < 4.78 is 0. The fourth-order valence-electron chi connectivity index (χ4n) is 3.92. The average Bonchev–Trinajstić information content (AvgIpc) is 2.66. The van der Waals surface area contributed by atoms with Crippen LogP contribution in [0.25, 0.3) is 0 Å². The van der Waals surface area contributed by atoms with E-state index in [-0.39, 0.29) is 0 Å². The summed E-state index contributed by atoms with van der Waals surface area (Å²) in [6.45, 7) is 17.7. The normalized spacial score (nSPS) is 11.2. The second-order valence-electron chi connectivity index (χ2n) is 7.25. The van der Waals surface area contributed by atoms with Crippen LogP contribution in [0.3, 0.4) is 0 Å². The van der Waals surface area contributed by atoms with Crippen molar-refractivity contribution in [2.45, 2.75) is 47.5 Å². The number of rotatable bonds is 9. The minimum atomic E-state index is 0.437. The van der Waals surface area contributed by atoms with E-state index in [0.717, 1.165) is 26.2 Å². The first kappa shape index (κ1) is 20.4. The highest BCUT2D eigenvalue weighted by Gasteiger charge is 2.19. The Labute approximate surface area is 160 Å². The molecule has 142 valence electrons. The van der Waals surface area contributed by atoms with Crippen LogP contribution in [0.5, 0.6) is 0 Å². The van der Waals surface area contributed by atoms with Crippen LogP contribution in [0.2, 0.25) is 0 Å². The molecular weight excluding hydrogens is 316 g/mol. The summed E-state index contributed by atoms with van der Waals surface area (Å²) in [7, 11) is 0. The van der Waals surface area contributed by atoms with Gasteiger partial charge in [-0.3, -0.25) is 0 Å². The molecule has 0 aliphatic rings. The molecule has 0 spiro atoms. The zero-order valence-electron chi connectivity index (χ0n) is 17.5. The lowest BCUT2D eigenvalue weighted by atomic mass is 9.82. The zero-order valence-corrected chi connectivity index (χ0v) is 17.5. The van der Waals surface area contributed by atoms with E-state index in [2.05, 4.69) is 99.9 Å². The van der Waals surface area contributed by atoms with E-state index < -0.39 is 0 Å². The Bertz CT molecular complexity index is 579. The highest BCUT2D eigenvalue weighted by Crippen LogP contribution is 2.34. The number of anilines is 2. The number of hydrogen-bond donors (Lipinski definition) is 0. The summed E-state index contributed by atoms with van der Waals surface area (Å²) in [6.07, 6.45) is 0. The van der Waals surface area contributed by atoms with Crippen molar-refractivity contribution in [2.75, 3.05) is 36.0 Å². The topological polar surface area (TPSA) is 6.48 Å². The third kappa shape index (κ3) is 4.60. The predicted octanol–water partition coefficient (Wildman–Crippen LogP) is 6.17. The molecule has 2 heteroatoms. The Morgan fingerprint density at radius 3 is 1.12 bits per heavy atom. The summed E-state index contributed by atoms with van der Waals surface area (Å²) in [5.41, 5.74) is 5.45. The van der Waals surface area contributed by atoms with Gasteiger partial charge in [-0.25, -0.2) is 0 Å². The van der Waals surface area contributed by atoms with Crippen LogP contribution in [-0.4, -0.2) is 26.2 Å². The average molecular weight is 353 g/mol. The fraction of sp³-hybridized carbons (Fsp3) is 0.500. The summed E-state index contributed by atoms with van der Waals surface area (Å²) in [5.74, 6) is 1.00. The maximum absolute atomic E-state index is 2.40. The van der Waals surface area contributed by atoms with Crippen molar-refractivity contribution in [3.05, 3.63) is 59.7 Å². The molecule has 0 amide bonds. The first-order valence-electron chi connectivity index (χ1n) is 10.2. The van der Waals surface area contributed by atoms with E-state index in [1.165, 1.54) is 22.5 Å². The minimum absolute atomic E-state index is 0.437. The molecule has 2 nitrogen and oxygen atoms in total. The lowest BCUT2D eigenvalue weighted by Gasteiger charge is -2.26. The van der Waals surface area contributed by atoms with Gasteiger partial charge in [0.2, 0.25) is 0 Å². The van der Waals surface area contributed by atoms with Crippen LogP contribution in [0, 0.1) is 5.92 Å². The summed E-state index contributed by atoms with van der Waals surface area (Å²) in [4.78, 5) is 4.79. The molecule has 0 aromatic heterocycles. The Morgan fingerprint density at radius 2 is 0.885 bits per heavy atom. The SMILES string of the molecule is CCN(CC)c1ccc(C(c2ccc(N(CC)CC)cc2)C(C)C)cc1. The summed E-state index contributed by atoms with van der Waals surface area (Å²) in [5, 5.41) is 0. The fourth-order valence-corrected chi connectivity index (χ4v) is 3.92. The van der Waals surface area contributed by atoms with Crippen molar-refractivity contribution in [1.82, 2.24) is 0 Å². The molecule has 2 aromatic carbocycles. The third-order valence-corrected chi connectivity index (χ3v) is 5.43. The van der Waals surface area contributed by atoms with E-state index in [4.69, 9.17) is 0 Å². The van der Waals surface area contributed by atoms with E-state index in [0.29, 0.717) is 11.8 Å². The molecule has 0 unspecified atom stereocenters. The van der Waals surface area contributed by atoms with Gasteiger partial charge in [-0.15, -0.1) is 0 Å². The van der Waals surface area contributed by atoms with E-state index in [9.17, 15) is 0 Å². The summed E-state index contributed by atoms with van der Waals surface area (Å²) >= 11 is 0. The first-order valence-corrected chi connectivity index (χ1v) is 10.2. The molecule has 26 heavy (non-hydrogen) atoms. The van der Waals surface area contributed by atoms with Crippen LogP contribution in [0.15, 0.2) is 48.5 Å². The van der Waals surface area contributed by atoms with E-state index >= 15 is 0 Å². The second kappa shape index (κ2) is 9.66. The highest BCUT2D eigenvalue weighted by molar-refractivity contribution is 5.51. The van der Waals surface area contributed by atoms with Gasteiger partial charge in [0.25, 0.3) is 0 Å². The minimum Gasteiger partial charge on any atom is -0.372 e. The second-order valence-corrected chi connectivity index (χ2v) is 7.25. The van der Waals surface area contributed by atoms with Crippen molar-refractivity contribution in [2.24, 2.45) is 5.92 Å². The molecule has 2 rings (SSSR count). The molecule has 0 radical (unpaired) electrons. The van der Waals surface area contributed by atoms with Crippen molar-refractivity contribution in [3.63, 3.8) is 0 Å². The van der Waals surface area contributed by atoms with Crippen molar-refractivity contribution in [3.8, 4) is 0 Å². The van der Waals surface area contributed by atoms with Crippen LogP contribution in [0.4, 0.5) is 11.4 Å². The van der Waals surface area contributed by atoms with Crippen LogP contribution in [-0.2, 0) is 0 Å². The van der Waals surface area contributed by atoms with Crippen LogP contribution in [0.1, 0.15) is 58.6 Å². The Morgan fingerprint density at radius 1 is 0.577 bits per heavy atom. The molecule has 0 heterocycles. The lowest BCUT2D eigenvalue weighted by Crippen LogP contribution is -2.22. The molecule has 2 aromatic rings. The predicted molar refractivity (Wildman–Crippen MR) is 117 cm³/mol. The van der Waals surface area contributed by atoms with Crippen LogP contribution >= 0.6 is 0 Å². The molecule has 0 aliphatic carbocycles. The molecule has 0 N–H and O–H groups in total. The molecule has 0 atom stereocenters. The van der Waals surface area contributed by atoms with Gasteiger partial charge in [0.15, 0.2) is 0 Å². The maximum Gasteiger partial charge on any atom is 0.0366 e.